The summed E-state index contributed by atoms with van der Waals surface area (Å²) in [5.41, 5.74) is 0.644. The standard InChI is InChI=1S/C19H17ClF3NO3/c1-24-18(25)15(11-26-2)14-6-4-3-5-12(14)10-27-17-8-7-13(9-16(17)20)19(21,22)23/h3-9,11H,10H2,1-2H3,(H,24,25). The second-order valence-corrected chi connectivity index (χ2v) is 5.84. The zero-order valence-electron chi connectivity index (χ0n) is 14.6. The number of halogens is 4. The second kappa shape index (κ2) is 8.81. The lowest BCUT2D eigenvalue weighted by Gasteiger charge is -2.14. The van der Waals surface area contributed by atoms with Crippen LogP contribution in [0.3, 0.4) is 0 Å². The maximum atomic E-state index is 12.7. The van der Waals surface area contributed by atoms with Crippen molar-refractivity contribution in [2.75, 3.05) is 14.2 Å². The molecule has 0 saturated carbocycles. The minimum absolute atomic E-state index is 0.000688. The molecule has 0 saturated heterocycles. The van der Waals surface area contributed by atoms with Crippen LogP contribution in [-0.4, -0.2) is 20.1 Å². The number of nitrogens with one attached hydrogen (secondary N) is 1. The summed E-state index contributed by atoms with van der Waals surface area (Å²) in [5.74, 6) is -0.242. The average molecular weight is 400 g/mol. The average Bonchev–Trinajstić information content (AvgIpc) is 2.64. The number of alkyl halides is 3. The van der Waals surface area contributed by atoms with Crippen LogP contribution in [0.5, 0.6) is 5.75 Å². The topological polar surface area (TPSA) is 47.6 Å². The third-order valence-electron chi connectivity index (χ3n) is 3.66. The number of likely N-dealkylation sites (N-methyl/N-ethyl adjacent to an activating group) is 1. The Balaban J connectivity index is 2.27. The van der Waals surface area contributed by atoms with E-state index in [1.807, 2.05) is 0 Å². The smallest absolute Gasteiger partial charge is 0.416 e. The van der Waals surface area contributed by atoms with Gasteiger partial charge in [-0.15, -0.1) is 0 Å². The van der Waals surface area contributed by atoms with E-state index in [0.717, 1.165) is 12.1 Å². The molecule has 4 nitrogen and oxygen atoms in total. The van der Waals surface area contributed by atoms with Gasteiger partial charge in [-0.1, -0.05) is 35.9 Å². The van der Waals surface area contributed by atoms with Gasteiger partial charge in [0.25, 0.3) is 5.91 Å². The van der Waals surface area contributed by atoms with Crippen LogP contribution in [0.2, 0.25) is 5.02 Å². The number of carbonyl (C=O) groups excluding carboxylic acids is 1. The van der Waals surface area contributed by atoms with Gasteiger partial charge in [0.05, 0.1) is 29.5 Å². The van der Waals surface area contributed by atoms with Gasteiger partial charge in [-0.2, -0.15) is 13.2 Å². The van der Waals surface area contributed by atoms with Crippen molar-refractivity contribution >= 4 is 23.1 Å². The molecule has 2 aromatic carbocycles. The summed E-state index contributed by atoms with van der Waals surface area (Å²) in [4.78, 5) is 12.1. The van der Waals surface area contributed by atoms with Gasteiger partial charge in [-0.05, 0) is 29.3 Å². The van der Waals surface area contributed by atoms with Crippen LogP contribution in [0.25, 0.3) is 5.57 Å². The van der Waals surface area contributed by atoms with Crippen LogP contribution in [0.4, 0.5) is 13.2 Å². The molecule has 27 heavy (non-hydrogen) atoms. The maximum Gasteiger partial charge on any atom is 0.416 e. The Morgan fingerprint density at radius 3 is 2.52 bits per heavy atom. The number of hydrogen-bond acceptors (Lipinski definition) is 3. The highest BCUT2D eigenvalue weighted by atomic mass is 35.5. The minimum Gasteiger partial charge on any atom is -0.504 e. The molecule has 0 bridgehead atoms. The third kappa shape index (κ3) is 5.17. The number of ether oxygens (including phenoxy) is 2. The molecular formula is C19H17ClF3NO3. The summed E-state index contributed by atoms with van der Waals surface area (Å²) in [5, 5.41) is 2.37. The van der Waals surface area contributed by atoms with Crippen LogP contribution in [0, 0.1) is 0 Å². The van der Waals surface area contributed by atoms with Gasteiger partial charge in [0, 0.05) is 7.05 Å². The van der Waals surface area contributed by atoms with Gasteiger partial charge in [-0.3, -0.25) is 4.79 Å². The number of methoxy groups -OCH3 is 1. The molecule has 144 valence electrons. The maximum absolute atomic E-state index is 12.7. The van der Waals surface area contributed by atoms with Crippen molar-refractivity contribution in [3.05, 3.63) is 70.4 Å². The Kier molecular flexibility index (Phi) is 6.74. The Morgan fingerprint density at radius 2 is 1.93 bits per heavy atom. The Hall–Kier alpha value is -2.67. The zero-order valence-corrected chi connectivity index (χ0v) is 15.3. The van der Waals surface area contributed by atoms with Gasteiger partial charge in [-0.25, -0.2) is 0 Å². The molecule has 1 amide bonds. The van der Waals surface area contributed by atoms with Crippen LogP contribution < -0.4 is 10.1 Å². The monoisotopic (exact) mass is 399 g/mol. The molecule has 0 aromatic heterocycles. The van der Waals surface area contributed by atoms with Crippen molar-refractivity contribution < 1.29 is 27.4 Å². The van der Waals surface area contributed by atoms with E-state index in [1.165, 1.54) is 26.5 Å². The van der Waals surface area contributed by atoms with Crippen molar-refractivity contribution in [2.45, 2.75) is 12.8 Å². The molecule has 0 aliphatic heterocycles. The van der Waals surface area contributed by atoms with Crippen molar-refractivity contribution in [1.29, 1.82) is 0 Å². The highest BCUT2D eigenvalue weighted by Crippen LogP contribution is 2.35. The van der Waals surface area contributed by atoms with Crippen LogP contribution in [-0.2, 0) is 22.3 Å². The Bertz CT molecular complexity index is 850. The van der Waals surface area contributed by atoms with E-state index in [9.17, 15) is 18.0 Å². The van der Waals surface area contributed by atoms with Crippen molar-refractivity contribution in [3.63, 3.8) is 0 Å². The molecule has 0 fully saturated rings. The van der Waals surface area contributed by atoms with Gasteiger partial charge >= 0.3 is 6.18 Å². The highest BCUT2D eigenvalue weighted by molar-refractivity contribution is 6.32. The number of rotatable bonds is 6. The van der Waals surface area contributed by atoms with E-state index in [1.54, 1.807) is 24.3 Å². The van der Waals surface area contributed by atoms with Gasteiger partial charge < -0.3 is 14.8 Å². The van der Waals surface area contributed by atoms with Gasteiger partial charge in [0.1, 0.15) is 12.4 Å². The van der Waals surface area contributed by atoms with E-state index in [0.29, 0.717) is 11.1 Å². The fourth-order valence-electron chi connectivity index (χ4n) is 2.35. The molecular weight excluding hydrogens is 383 g/mol. The normalized spacial score (nSPS) is 11.9. The summed E-state index contributed by atoms with van der Waals surface area (Å²) < 4.78 is 48.7. The SMILES string of the molecule is CNC(=O)C(=COC)c1ccccc1COc1ccc(C(F)(F)F)cc1Cl. The largest absolute Gasteiger partial charge is 0.504 e. The van der Waals surface area contributed by atoms with Crippen molar-refractivity contribution in [3.8, 4) is 5.75 Å². The van der Waals surface area contributed by atoms with E-state index >= 15 is 0 Å². The summed E-state index contributed by atoms with van der Waals surface area (Å²) >= 11 is 5.91. The minimum atomic E-state index is -4.48. The first-order chi connectivity index (χ1) is 12.8. The highest BCUT2D eigenvalue weighted by Gasteiger charge is 2.31. The molecule has 0 aliphatic rings. The fourth-order valence-corrected chi connectivity index (χ4v) is 2.59. The molecule has 0 unspecified atom stereocenters. The lowest BCUT2D eigenvalue weighted by atomic mass is 10.0. The van der Waals surface area contributed by atoms with Gasteiger partial charge in [0.2, 0.25) is 0 Å². The summed E-state index contributed by atoms with van der Waals surface area (Å²) in [6.07, 6.45) is -3.18. The van der Waals surface area contributed by atoms with E-state index in [4.69, 9.17) is 21.1 Å². The number of carbonyl (C=O) groups is 1. The van der Waals surface area contributed by atoms with Gasteiger partial charge in [0.15, 0.2) is 0 Å². The van der Waals surface area contributed by atoms with Crippen LogP contribution in [0.15, 0.2) is 48.7 Å². The molecule has 2 rings (SSSR count). The summed E-state index contributed by atoms with van der Waals surface area (Å²) in [6, 6.07) is 9.82. The molecule has 0 heterocycles. The van der Waals surface area contributed by atoms with E-state index in [2.05, 4.69) is 5.32 Å². The number of hydrogen-bond donors (Lipinski definition) is 1. The summed E-state index contributed by atoms with van der Waals surface area (Å²) in [6.45, 7) is -0.000688. The third-order valence-corrected chi connectivity index (χ3v) is 3.95. The molecule has 0 radical (unpaired) electrons. The zero-order chi connectivity index (χ0) is 20.0. The first-order valence-electron chi connectivity index (χ1n) is 7.80. The van der Waals surface area contributed by atoms with Crippen molar-refractivity contribution in [1.82, 2.24) is 5.32 Å². The quantitative estimate of drug-likeness (QED) is 0.567. The molecule has 0 atom stereocenters. The molecule has 8 heteroatoms. The van der Waals surface area contributed by atoms with E-state index in [-0.39, 0.29) is 28.9 Å². The molecule has 1 N–H and O–H groups in total. The summed E-state index contributed by atoms with van der Waals surface area (Å²) in [7, 11) is 2.91. The lowest BCUT2D eigenvalue weighted by molar-refractivity contribution is -0.137. The van der Waals surface area contributed by atoms with Crippen molar-refractivity contribution in [2.24, 2.45) is 0 Å². The number of amides is 1. The number of benzene rings is 2. The Labute approximate surface area is 159 Å². The van der Waals surface area contributed by atoms with Crippen LogP contribution in [0.1, 0.15) is 16.7 Å². The molecule has 0 aliphatic carbocycles. The predicted molar refractivity (Wildman–Crippen MR) is 96.3 cm³/mol. The molecule has 0 spiro atoms. The molecule has 2 aromatic rings. The fraction of sp³-hybridized carbons (Fsp3) is 0.211. The first-order valence-corrected chi connectivity index (χ1v) is 8.18. The second-order valence-electron chi connectivity index (χ2n) is 5.44. The predicted octanol–water partition coefficient (Wildman–Crippen LogP) is 4.67. The Morgan fingerprint density at radius 1 is 1.22 bits per heavy atom. The first kappa shape index (κ1) is 20.6. The lowest BCUT2D eigenvalue weighted by Crippen LogP contribution is -2.20. The van der Waals surface area contributed by atoms with E-state index < -0.39 is 11.7 Å². The van der Waals surface area contributed by atoms with Crippen LogP contribution >= 0.6 is 11.6 Å².